The minimum absolute atomic E-state index is 0.0831. The fourth-order valence-corrected chi connectivity index (χ4v) is 6.15. The first-order chi connectivity index (χ1) is 16.0. The number of carbonyl (C=O) groups is 1. The number of morpholine rings is 1. The monoisotopic (exact) mass is 476 g/mol. The van der Waals surface area contributed by atoms with Crippen molar-refractivity contribution in [1.82, 2.24) is 9.62 Å². The summed E-state index contributed by atoms with van der Waals surface area (Å²) in [5.41, 5.74) is 3.08. The highest BCUT2D eigenvalue weighted by atomic mass is 32.2. The molecule has 0 unspecified atom stereocenters. The molecule has 2 aliphatic heterocycles. The van der Waals surface area contributed by atoms with Crippen LogP contribution in [0.4, 0.5) is 11.4 Å². The van der Waals surface area contributed by atoms with Crippen molar-refractivity contribution in [3.05, 3.63) is 29.8 Å². The van der Waals surface area contributed by atoms with Gasteiger partial charge in [-0.2, -0.15) is 4.31 Å². The number of ether oxygens (including phenoxy) is 1. The third kappa shape index (κ3) is 6.28. The fraction of sp³-hybridized carbons (Fsp3) is 0.625. The number of hydrogen-bond donors (Lipinski definition) is 2. The number of hydrogen-bond acceptors (Lipinski definition) is 6. The zero-order valence-electron chi connectivity index (χ0n) is 19.4. The molecule has 1 aromatic rings. The lowest BCUT2D eigenvalue weighted by Crippen LogP contribution is -2.40. The highest BCUT2D eigenvalue weighted by Crippen LogP contribution is 2.32. The smallest absolute Gasteiger partial charge is 0.243 e. The molecule has 1 aromatic carbocycles. The summed E-state index contributed by atoms with van der Waals surface area (Å²) in [4.78, 5) is 15.0. The second kappa shape index (κ2) is 11.4. The molecule has 0 radical (unpaired) electrons. The van der Waals surface area contributed by atoms with Gasteiger partial charge in [0.05, 0.1) is 36.0 Å². The molecule has 1 amide bonds. The molecule has 1 aliphatic carbocycles. The summed E-state index contributed by atoms with van der Waals surface area (Å²) in [6.07, 6.45) is 10.2. The standard InChI is InChI=1S/C24H36N4O4S/c29-24(25-11-10-20-6-2-1-3-7-20)19-26-22-18-21(8-9-23(22)27-12-4-5-13-27)33(30,31)28-14-16-32-17-15-28/h6,8-9,18,26H,1-5,7,10-17,19H2,(H,25,29). The number of nitrogens with one attached hydrogen (secondary N) is 2. The Morgan fingerprint density at radius 1 is 1.03 bits per heavy atom. The highest BCUT2D eigenvalue weighted by molar-refractivity contribution is 7.89. The average Bonchev–Trinajstić information content (AvgIpc) is 3.38. The third-order valence-corrected chi connectivity index (χ3v) is 8.51. The molecule has 0 spiro atoms. The number of anilines is 2. The van der Waals surface area contributed by atoms with Crippen molar-refractivity contribution in [1.29, 1.82) is 0 Å². The molecule has 2 N–H and O–H groups in total. The predicted molar refractivity (Wildman–Crippen MR) is 130 cm³/mol. The number of benzene rings is 1. The number of carbonyl (C=O) groups excluding carboxylic acids is 1. The Bertz CT molecular complexity index is 951. The summed E-state index contributed by atoms with van der Waals surface area (Å²) in [6.45, 7) is 4.16. The van der Waals surface area contributed by atoms with Crippen molar-refractivity contribution in [3.63, 3.8) is 0 Å². The summed E-state index contributed by atoms with van der Waals surface area (Å²) >= 11 is 0. The molecule has 182 valence electrons. The maximum Gasteiger partial charge on any atom is 0.243 e. The molecule has 4 rings (SSSR count). The number of amides is 1. The first-order valence-electron chi connectivity index (χ1n) is 12.2. The molecule has 8 nitrogen and oxygen atoms in total. The maximum absolute atomic E-state index is 13.1. The lowest BCUT2D eigenvalue weighted by molar-refractivity contribution is -0.119. The van der Waals surface area contributed by atoms with Gasteiger partial charge in [0, 0.05) is 32.7 Å². The van der Waals surface area contributed by atoms with Crippen LogP contribution in [0.15, 0.2) is 34.7 Å². The molecule has 0 aromatic heterocycles. The van der Waals surface area contributed by atoms with Gasteiger partial charge in [0.1, 0.15) is 0 Å². The normalized spacial score (nSPS) is 19.9. The van der Waals surface area contributed by atoms with E-state index in [4.69, 9.17) is 4.74 Å². The quantitative estimate of drug-likeness (QED) is 0.533. The van der Waals surface area contributed by atoms with Crippen LogP contribution in [-0.4, -0.2) is 71.1 Å². The molecule has 2 fully saturated rings. The van der Waals surface area contributed by atoms with Gasteiger partial charge in [-0.1, -0.05) is 11.6 Å². The van der Waals surface area contributed by atoms with Crippen molar-refractivity contribution in [3.8, 4) is 0 Å². The molecule has 0 bridgehead atoms. The van der Waals surface area contributed by atoms with Gasteiger partial charge in [-0.3, -0.25) is 4.79 Å². The van der Waals surface area contributed by atoms with E-state index in [9.17, 15) is 13.2 Å². The van der Waals surface area contributed by atoms with Crippen molar-refractivity contribution in [2.24, 2.45) is 0 Å². The molecule has 0 saturated carbocycles. The largest absolute Gasteiger partial charge is 0.379 e. The van der Waals surface area contributed by atoms with Gasteiger partial charge in [0.25, 0.3) is 0 Å². The van der Waals surface area contributed by atoms with E-state index in [-0.39, 0.29) is 17.3 Å². The zero-order chi connectivity index (χ0) is 23.1. The van der Waals surface area contributed by atoms with Crippen LogP contribution in [0.2, 0.25) is 0 Å². The molecule has 33 heavy (non-hydrogen) atoms. The molecule has 9 heteroatoms. The topological polar surface area (TPSA) is 91.0 Å². The Morgan fingerprint density at radius 3 is 2.55 bits per heavy atom. The Labute approximate surface area is 197 Å². The minimum atomic E-state index is -3.60. The Balaban J connectivity index is 1.42. The highest BCUT2D eigenvalue weighted by Gasteiger charge is 2.28. The van der Waals surface area contributed by atoms with Crippen LogP contribution in [0, 0.1) is 0 Å². The SMILES string of the molecule is O=C(CNc1cc(S(=O)(=O)N2CCOCC2)ccc1N1CCCC1)NCCC1=CCCCC1. The van der Waals surface area contributed by atoms with Crippen LogP contribution < -0.4 is 15.5 Å². The van der Waals surface area contributed by atoms with E-state index in [0.29, 0.717) is 38.5 Å². The molecular weight excluding hydrogens is 440 g/mol. The maximum atomic E-state index is 13.1. The number of allylic oxidation sites excluding steroid dienone is 1. The van der Waals surface area contributed by atoms with Crippen LogP contribution in [0.25, 0.3) is 0 Å². The van der Waals surface area contributed by atoms with Gasteiger partial charge in [-0.25, -0.2) is 8.42 Å². The molecule has 0 atom stereocenters. The Morgan fingerprint density at radius 2 is 1.82 bits per heavy atom. The molecular formula is C24H36N4O4S. The predicted octanol–water partition coefficient (Wildman–Crippen LogP) is 2.73. The van der Waals surface area contributed by atoms with E-state index < -0.39 is 10.0 Å². The minimum Gasteiger partial charge on any atom is -0.379 e. The van der Waals surface area contributed by atoms with E-state index >= 15 is 0 Å². The molecule has 3 aliphatic rings. The second-order valence-corrected chi connectivity index (χ2v) is 10.9. The van der Waals surface area contributed by atoms with Crippen LogP contribution in [0.3, 0.4) is 0 Å². The summed E-state index contributed by atoms with van der Waals surface area (Å²) < 4.78 is 33.1. The zero-order valence-corrected chi connectivity index (χ0v) is 20.2. The lowest BCUT2D eigenvalue weighted by Gasteiger charge is -2.27. The van der Waals surface area contributed by atoms with Crippen molar-refractivity contribution < 1.29 is 17.9 Å². The van der Waals surface area contributed by atoms with Gasteiger partial charge in [-0.05, 0) is 63.1 Å². The lowest BCUT2D eigenvalue weighted by atomic mass is 9.97. The number of sulfonamides is 1. The van der Waals surface area contributed by atoms with E-state index in [1.807, 2.05) is 6.07 Å². The summed E-state index contributed by atoms with van der Waals surface area (Å²) in [6, 6.07) is 5.23. The van der Waals surface area contributed by atoms with Crippen LogP contribution in [-0.2, 0) is 19.6 Å². The first kappa shape index (κ1) is 24.0. The van der Waals surface area contributed by atoms with E-state index in [1.165, 1.54) is 22.7 Å². The fourth-order valence-electron chi connectivity index (χ4n) is 4.72. The van der Waals surface area contributed by atoms with Crippen LogP contribution in [0.5, 0.6) is 0 Å². The van der Waals surface area contributed by atoms with E-state index in [1.54, 1.807) is 12.1 Å². The molecule has 2 saturated heterocycles. The first-order valence-corrected chi connectivity index (χ1v) is 13.6. The van der Waals surface area contributed by atoms with Crippen LogP contribution >= 0.6 is 0 Å². The van der Waals surface area contributed by atoms with Crippen LogP contribution in [0.1, 0.15) is 44.9 Å². The number of nitrogens with zero attached hydrogens (tertiary/aromatic N) is 2. The number of rotatable bonds is 9. The summed E-state index contributed by atoms with van der Waals surface area (Å²) in [7, 11) is -3.60. The summed E-state index contributed by atoms with van der Waals surface area (Å²) in [5.74, 6) is -0.0831. The molecule has 2 heterocycles. The van der Waals surface area contributed by atoms with Gasteiger partial charge in [0.15, 0.2) is 0 Å². The Kier molecular flexibility index (Phi) is 8.27. The average molecular weight is 477 g/mol. The van der Waals surface area contributed by atoms with Gasteiger partial charge in [-0.15, -0.1) is 0 Å². The van der Waals surface area contributed by atoms with Gasteiger partial charge < -0.3 is 20.3 Å². The van der Waals surface area contributed by atoms with Crippen molar-refractivity contribution >= 4 is 27.3 Å². The summed E-state index contributed by atoms with van der Waals surface area (Å²) in [5, 5.41) is 6.21. The van der Waals surface area contributed by atoms with Crippen molar-refractivity contribution in [2.45, 2.75) is 49.8 Å². The second-order valence-electron chi connectivity index (χ2n) is 8.95. The third-order valence-electron chi connectivity index (χ3n) is 6.62. The van der Waals surface area contributed by atoms with E-state index in [2.05, 4.69) is 21.6 Å². The van der Waals surface area contributed by atoms with E-state index in [0.717, 1.165) is 50.9 Å². The Hall–Kier alpha value is -2.10. The van der Waals surface area contributed by atoms with Gasteiger partial charge in [0.2, 0.25) is 15.9 Å². The van der Waals surface area contributed by atoms with Crippen molar-refractivity contribution in [2.75, 3.05) is 62.7 Å². The van der Waals surface area contributed by atoms with Gasteiger partial charge >= 0.3 is 0 Å².